The molecule has 0 saturated carbocycles. The van der Waals surface area contributed by atoms with Gasteiger partial charge in [0.25, 0.3) is 0 Å². The Morgan fingerprint density at radius 1 is 0.383 bits per heavy atom. The van der Waals surface area contributed by atoms with Crippen LogP contribution in [0.1, 0.15) is 259 Å². The van der Waals surface area contributed by atoms with Crippen LogP contribution in [-0.4, -0.2) is 23.3 Å². The maximum absolute atomic E-state index is 14.5. The lowest BCUT2D eigenvalue weighted by Crippen LogP contribution is -2.54. The van der Waals surface area contributed by atoms with Crippen LogP contribution in [0.5, 0.6) is 0 Å². The van der Waals surface area contributed by atoms with E-state index in [1.807, 2.05) is 0 Å². The summed E-state index contributed by atoms with van der Waals surface area (Å²) in [5.41, 5.74) is -1.73. The first-order valence-electron chi connectivity index (χ1n) is 21.9. The summed E-state index contributed by atoms with van der Waals surface area (Å²) in [5.74, 6) is -0.0548. The maximum atomic E-state index is 14.5. The average Bonchev–Trinajstić information content (AvgIpc) is 3.07. The van der Waals surface area contributed by atoms with Gasteiger partial charge in [0, 0.05) is 0 Å². The first kappa shape index (κ1) is 46.4. The molecule has 282 valence electrons. The molecule has 0 aromatic heterocycles. The lowest BCUT2D eigenvalue weighted by Gasteiger charge is -2.46. The van der Waals surface area contributed by atoms with Crippen LogP contribution < -0.4 is 0 Å². The molecule has 0 aliphatic rings. The Labute approximate surface area is 297 Å². The Kier molecular flexibility index (Phi) is 33.5. The number of unbranched alkanes of at least 4 members (excludes halogenated alkanes) is 26. The van der Waals surface area contributed by atoms with Gasteiger partial charge in [-0.2, -0.15) is 0 Å². The maximum Gasteiger partial charge on any atom is 0.315 e. The molecular formula is C44H88O3. The summed E-state index contributed by atoms with van der Waals surface area (Å²) in [5, 5.41) is 12.9. The van der Waals surface area contributed by atoms with E-state index in [-0.39, 0.29) is 5.97 Å². The summed E-state index contributed by atoms with van der Waals surface area (Å²) in [6.07, 6.45) is 40.8. The molecule has 2 atom stereocenters. The zero-order chi connectivity index (χ0) is 34.7. The largest absolute Gasteiger partial charge is 0.465 e. The summed E-state index contributed by atoms with van der Waals surface area (Å²) in [4.78, 5) is 14.5. The number of hydrogen-bond donors (Lipinski definition) is 1. The lowest BCUT2D eigenvalue weighted by atomic mass is 9.61. The molecule has 0 bridgehead atoms. The second kappa shape index (κ2) is 33.9. The van der Waals surface area contributed by atoms with Crippen molar-refractivity contribution in [3.8, 4) is 0 Å². The fourth-order valence-electron chi connectivity index (χ4n) is 7.76. The van der Waals surface area contributed by atoms with Crippen LogP contribution in [0.2, 0.25) is 0 Å². The molecular weight excluding hydrogens is 576 g/mol. The number of carbonyl (C=O) groups excluding carboxylic acids is 1. The molecule has 0 amide bonds. The molecule has 0 heterocycles. The van der Waals surface area contributed by atoms with Gasteiger partial charge in [0.2, 0.25) is 0 Å². The van der Waals surface area contributed by atoms with Gasteiger partial charge in [-0.3, -0.25) is 4.79 Å². The molecule has 0 radical (unpaired) electrons. The predicted octanol–water partition coefficient (Wildman–Crippen LogP) is 15.0. The number of ether oxygens (including phenoxy) is 1. The van der Waals surface area contributed by atoms with Gasteiger partial charge >= 0.3 is 5.97 Å². The third-order valence-electron chi connectivity index (χ3n) is 11.1. The molecule has 3 nitrogen and oxygen atoms in total. The van der Waals surface area contributed by atoms with Gasteiger partial charge in [-0.25, -0.2) is 0 Å². The third kappa shape index (κ3) is 23.5. The van der Waals surface area contributed by atoms with Crippen molar-refractivity contribution >= 4 is 5.97 Å². The predicted molar refractivity (Wildman–Crippen MR) is 208 cm³/mol. The Morgan fingerprint density at radius 2 is 0.638 bits per heavy atom. The summed E-state index contributed by atoms with van der Waals surface area (Å²) in [6, 6.07) is 0. The van der Waals surface area contributed by atoms with Crippen molar-refractivity contribution in [3.05, 3.63) is 0 Å². The van der Waals surface area contributed by atoms with Crippen LogP contribution in [0.15, 0.2) is 0 Å². The summed E-state index contributed by atoms with van der Waals surface area (Å²) < 4.78 is 6.28. The van der Waals surface area contributed by atoms with E-state index in [0.717, 1.165) is 89.9 Å². The molecule has 3 heteroatoms. The molecule has 0 rings (SSSR count). The van der Waals surface area contributed by atoms with Gasteiger partial charge in [0.05, 0.1) is 17.6 Å². The van der Waals surface area contributed by atoms with Crippen LogP contribution in [0.4, 0.5) is 0 Å². The summed E-state index contributed by atoms with van der Waals surface area (Å²) >= 11 is 0. The van der Waals surface area contributed by atoms with Crippen molar-refractivity contribution in [3.63, 3.8) is 0 Å². The minimum Gasteiger partial charge on any atom is -0.465 e. The molecule has 0 aromatic rings. The number of aliphatic hydroxyl groups is 1. The first-order chi connectivity index (χ1) is 23.0. The van der Waals surface area contributed by atoms with Crippen LogP contribution in [-0.2, 0) is 9.53 Å². The highest BCUT2D eigenvalue weighted by Gasteiger charge is 2.54. The van der Waals surface area contributed by atoms with E-state index in [1.165, 1.54) is 135 Å². The molecule has 0 aliphatic heterocycles. The Morgan fingerprint density at radius 3 is 0.979 bits per heavy atom. The van der Waals surface area contributed by atoms with Gasteiger partial charge < -0.3 is 9.84 Å². The Bertz CT molecular complexity index is 648. The standard InChI is InChI=1S/C44H88O3/c1-6-11-16-21-24-27-29-33-38-43(37-32-19-14-9-4,42(45)47-41-36-31-28-25-22-17-12-7-2)44(46,39-34-20-15-10-5)40-35-30-26-23-18-13-8-3/h46H,6-41H2,1-5H3. The first-order valence-corrected chi connectivity index (χ1v) is 21.9. The number of rotatable bonds is 38. The van der Waals surface area contributed by atoms with Crippen LogP contribution in [0.25, 0.3) is 0 Å². The highest BCUT2D eigenvalue weighted by atomic mass is 16.5. The second-order valence-electron chi connectivity index (χ2n) is 15.4. The molecule has 0 aliphatic carbocycles. The van der Waals surface area contributed by atoms with E-state index in [2.05, 4.69) is 34.6 Å². The van der Waals surface area contributed by atoms with Gasteiger partial charge in [0.1, 0.15) is 0 Å². The third-order valence-corrected chi connectivity index (χ3v) is 11.1. The fourth-order valence-corrected chi connectivity index (χ4v) is 7.76. The van der Waals surface area contributed by atoms with E-state index in [0.29, 0.717) is 6.61 Å². The topological polar surface area (TPSA) is 46.5 Å². The minimum absolute atomic E-state index is 0.0548. The minimum atomic E-state index is -0.964. The lowest BCUT2D eigenvalue weighted by molar-refractivity contribution is -0.183. The normalized spacial score (nSPS) is 14.3. The van der Waals surface area contributed by atoms with Crippen LogP contribution in [0.3, 0.4) is 0 Å². The van der Waals surface area contributed by atoms with E-state index in [4.69, 9.17) is 4.74 Å². The van der Waals surface area contributed by atoms with E-state index >= 15 is 0 Å². The Balaban J connectivity index is 5.86. The summed E-state index contributed by atoms with van der Waals surface area (Å²) in [6.45, 7) is 11.9. The Hall–Kier alpha value is -0.570. The van der Waals surface area contributed by atoms with Crippen molar-refractivity contribution in [2.45, 2.75) is 265 Å². The van der Waals surface area contributed by atoms with Crippen LogP contribution in [0, 0.1) is 5.41 Å². The SMILES string of the molecule is CCCCCCCCCCOC(=O)C(CCCCCC)(CCCCCCCCCC)C(O)(CCCCCC)CCCCCCCCC. The van der Waals surface area contributed by atoms with Crippen LogP contribution >= 0.6 is 0 Å². The highest BCUT2D eigenvalue weighted by molar-refractivity contribution is 5.78. The quantitative estimate of drug-likeness (QED) is 0.0528. The van der Waals surface area contributed by atoms with Crippen molar-refractivity contribution in [2.24, 2.45) is 5.41 Å². The molecule has 0 saturated heterocycles. The van der Waals surface area contributed by atoms with Gasteiger partial charge in [-0.15, -0.1) is 0 Å². The number of carbonyl (C=O) groups is 1. The zero-order valence-electron chi connectivity index (χ0n) is 33.2. The van der Waals surface area contributed by atoms with E-state index < -0.39 is 11.0 Å². The van der Waals surface area contributed by atoms with E-state index in [1.54, 1.807) is 0 Å². The molecule has 0 aromatic carbocycles. The molecule has 1 N–H and O–H groups in total. The number of hydrogen-bond acceptors (Lipinski definition) is 3. The molecule has 47 heavy (non-hydrogen) atoms. The smallest absolute Gasteiger partial charge is 0.315 e. The summed E-state index contributed by atoms with van der Waals surface area (Å²) in [7, 11) is 0. The van der Waals surface area contributed by atoms with Crippen molar-refractivity contribution in [1.29, 1.82) is 0 Å². The molecule has 0 fully saturated rings. The van der Waals surface area contributed by atoms with Crippen molar-refractivity contribution < 1.29 is 14.6 Å². The number of esters is 1. The second-order valence-corrected chi connectivity index (χ2v) is 15.4. The van der Waals surface area contributed by atoms with Crippen molar-refractivity contribution in [2.75, 3.05) is 6.61 Å². The monoisotopic (exact) mass is 665 g/mol. The van der Waals surface area contributed by atoms with Crippen molar-refractivity contribution in [1.82, 2.24) is 0 Å². The molecule has 2 unspecified atom stereocenters. The highest BCUT2D eigenvalue weighted by Crippen LogP contribution is 2.48. The van der Waals surface area contributed by atoms with Gasteiger partial charge in [-0.05, 0) is 32.1 Å². The fraction of sp³-hybridized carbons (Fsp3) is 0.977. The van der Waals surface area contributed by atoms with Gasteiger partial charge in [0.15, 0.2) is 0 Å². The molecule has 0 spiro atoms. The van der Waals surface area contributed by atoms with E-state index in [9.17, 15) is 9.90 Å². The zero-order valence-corrected chi connectivity index (χ0v) is 33.2. The average molecular weight is 665 g/mol. The van der Waals surface area contributed by atoms with Gasteiger partial charge in [-0.1, -0.05) is 227 Å².